The third kappa shape index (κ3) is 17.2. The van der Waals surface area contributed by atoms with Crippen LogP contribution in [0.1, 0.15) is 110 Å². The van der Waals surface area contributed by atoms with E-state index in [1.54, 1.807) is 11.3 Å². The fourth-order valence-corrected chi connectivity index (χ4v) is 5.66. The zero-order chi connectivity index (χ0) is 25.0. The molecule has 0 bridgehead atoms. The third-order valence-electron chi connectivity index (χ3n) is 6.41. The second kappa shape index (κ2) is 21.5. The summed E-state index contributed by atoms with van der Waals surface area (Å²) in [6.07, 6.45) is 22.4. The molecule has 1 aliphatic heterocycles. The van der Waals surface area contributed by atoms with Crippen LogP contribution in [0.15, 0.2) is 17.1 Å². The van der Waals surface area contributed by atoms with Crippen LogP contribution in [-0.2, 0) is 29.6 Å². The summed E-state index contributed by atoms with van der Waals surface area (Å²) in [5.41, 5.74) is 1.91. The Kier molecular flexibility index (Phi) is 20.1. The predicted octanol–water partition coefficient (Wildman–Crippen LogP) is 7.00. The molecular weight excluding hydrogens is 501 g/mol. The monoisotopic (exact) mass is 551 g/mol. The van der Waals surface area contributed by atoms with Crippen LogP contribution < -0.4 is 4.57 Å². The largest absolute Gasteiger partial charge is 0.870 e. The number of unbranched alkanes of at least 4 members (excludes halogenated alkanes) is 14. The SMILES string of the molecule is CCCCCCCCCCCCCCCCC[C@@H]1OC[C@@H](COP(=O)(O)OCC[n+]2ccsc2)O1.[OH-]. The number of hydrogen-bond donors (Lipinski definition) is 1. The van der Waals surface area contributed by atoms with Crippen LogP contribution >= 0.6 is 19.2 Å². The van der Waals surface area contributed by atoms with Gasteiger partial charge in [-0.25, -0.2) is 4.57 Å². The minimum absolute atomic E-state index is 0. The second-order valence-corrected chi connectivity index (χ2v) is 11.8. The number of ether oxygens (including phenoxy) is 2. The van der Waals surface area contributed by atoms with Gasteiger partial charge < -0.3 is 19.8 Å². The molecule has 2 heterocycles. The van der Waals surface area contributed by atoms with Crippen LogP contribution in [-0.4, -0.2) is 42.6 Å². The van der Waals surface area contributed by atoms with Gasteiger partial charge in [0.15, 0.2) is 19.0 Å². The molecule has 0 amide bonds. The van der Waals surface area contributed by atoms with Crippen LogP contribution in [0.2, 0.25) is 0 Å². The van der Waals surface area contributed by atoms with Crippen molar-refractivity contribution in [3.8, 4) is 0 Å². The van der Waals surface area contributed by atoms with E-state index in [2.05, 4.69) is 6.92 Å². The number of phosphoric acid groups is 1. The molecule has 1 unspecified atom stereocenters. The Balaban J connectivity index is 0.00000648. The maximum Gasteiger partial charge on any atom is 0.472 e. The lowest BCUT2D eigenvalue weighted by Gasteiger charge is -2.14. The smallest absolute Gasteiger partial charge is 0.472 e. The van der Waals surface area contributed by atoms with Gasteiger partial charge in [-0.3, -0.25) is 9.05 Å². The highest BCUT2D eigenvalue weighted by Crippen LogP contribution is 2.43. The minimum Gasteiger partial charge on any atom is -0.870 e. The molecule has 1 aromatic heterocycles. The Morgan fingerprint density at radius 1 is 0.944 bits per heavy atom. The topological polar surface area (TPSA) is 108 Å². The van der Waals surface area contributed by atoms with Gasteiger partial charge in [0.25, 0.3) is 0 Å². The van der Waals surface area contributed by atoms with Gasteiger partial charge in [0.1, 0.15) is 12.7 Å². The standard InChI is InChI=1S/C26H48NO6PS.H2O/c1-2-3-4-5-6-7-8-9-10-11-12-13-14-15-16-17-26-30-22-25(33-26)23-32-34(28,29)31-20-18-27-19-21-35-24-27;/h19,21,24-26H,2-18,20,22-23H2,1H3;1H2/t25-,26+;/m0./s1. The molecule has 0 radical (unpaired) electrons. The van der Waals surface area contributed by atoms with E-state index in [1.807, 2.05) is 21.7 Å². The molecule has 0 aliphatic carbocycles. The summed E-state index contributed by atoms with van der Waals surface area (Å²) >= 11 is 1.55. The Hall–Kier alpha value is -0.380. The number of nitrogens with zero attached hydrogens (tertiary/aromatic N) is 1. The number of aromatic nitrogens is 1. The van der Waals surface area contributed by atoms with Crippen LogP contribution in [0.25, 0.3) is 0 Å². The Morgan fingerprint density at radius 3 is 2.08 bits per heavy atom. The lowest BCUT2D eigenvalue weighted by atomic mass is 10.0. The quantitative estimate of drug-likeness (QED) is 0.0886. The Morgan fingerprint density at radius 2 is 1.53 bits per heavy atom. The van der Waals surface area contributed by atoms with Crippen molar-refractivity contribution in [2.45, 2.75) is 129 Å². The van der Waals surface area contributed by atoms with E-state index in [-0.39, 0.29) is 31.1 Å². The van der Waals surface area contributed by atoms with E-state index in [9.17, 15) is 9.46 Å². The van der Waals surface area contributed by atoms with Gasteiger partial charge in [-0.15, -0.1) is 0 Å². The number of rotatable bonds is 23. The van der Waals surface area contributed by atoms with Gasteiger partial charge in [0, 0.05) is 0 Å². The van der Waals surface area contributed by atoms with Crippen molar-refractivity contribution in [2.75, 3.05) is 19.8 Å². The maximum absolute atomic E-state index is 12.0. The van der Waals surface area contributed by atoms with E-state index < -0.39 is 7.82 Å². The van der Waals surface area contributed by atoms with Crippen molar-refractivity contribution >= 4 is 19.2 Å². The predicted molar refractivity (Wildman–Crippen MR) is 142 cm³/mol. The molecule has 2 N–H and O–H groups in total. The summed E-state index contributed by atoms with van der Waals surface area (Å²) in [5.74, 6) is 0. The average Bonchev–Trinajstić information content (AvgIpc) is 3.52. The van der Waals surface area contributed by atoms with Crippen LogP contribution in [0.4, 0.5) is 0 Å². The molecule has 3 atom stereocenters. The highest BCUT2D eigenvalue weighted by Gasteiger charge is 2.30. The molecule has 0 saturated carbocycles. The van der Waals surface area contributed by atoms with Crippen molar-refractivity contribution in [1.82, 2.24) is 0 Å². The van der Waals surface area contributed by atoms with E-state index >= 15 is 0 Å². The molecule has 36 heavy (non-hydrogen) atoms. The van der Waals surface area contributed by atoms with Crippen LogP contribution in [0.3, 0.4) is 0 Å². The van der Waals surface area contributed by atoms with E-state index in [0.29, 0.717) is 13.2 Å². The molecule has 212 valence electrons. The lowest BCUT2D eigenvalue weighted by Crippen LogP contribution is -2.32. The molecular formula is C26H50NO7PS. The first-order chi connectivity index (χ1) is 17.1. The first-order valence-corrected chi connectivity index (χ1v) is 16.3. The van der Waals surface area contributed by atoms with E-state index in [0.717, 1.165) is 12.8 Å². The Bertz CT molecular complexity index is 665. The lowest BCUT2D eigenvalue weighted by molar-refractivity contribution is -0.693. The molecule has 0 spiro atoms. The molecule has 10 heteroatoms. The van der Waals surface area contributed by atoms with Crippen LogP contribution in [0.5, 0.6) is 0 Å². The highest BCUT2D eigenvalue weighted by molar-refractivity contribution is 7.47. The second-order valence-electron chi connectivity index (χ2n) is 9.62. The van der Waals surface area contributed by atoms with Crippen molar-refractivity contribution in [3.05, 3.63) is 17.1 Å². The molecule has 2 rings (SSSR count). The molecule has 1 fully saturated rings. The normalized spacial score (nSPS) is 19.3. The van der Waals surface area contributed by atoms with Crippen molar-refractivity contribution in [1.29, 1.82) is 0 Å². The summed E-state index contributed by atoms with van der Waals surface area (Å²) < 4.78 is 35.5. The molecule has 1 saturated heterocycles. The zero-order valence-electron chi connectivity index (χ0n) is 22.3. The fraction of sp³-hybridized carbons (Fsp3) is 0.885. The fourth-order valence-electron chi connectivity index (χ4n) is 4.29. The van der Waals surface area contributed by atoms with Gasteiger partial charge >= 0.3 is 7.82 Å². The maximum atomic E-state index is 12.0. The van der Waals surface area contributed by atoms with Crippen molar-refractivity contribution in [3.63, 3.8) is 0 Å². The number of phosphoric ester groups is 1. The van der Waals surface area contributed by atoms with Gasteiger partial charge in [-0.2, -0.15) is 4.57 Å². The number of thiazole rings is 1. The summed E-state index contributed by atoms with van der Waals surface area (Å²) in [5, 5.41) is 1.93. The van der Waals surface area contributed by atoms with E-state index in [1.165, 1.54) is 89.9 Å². The van der Waals surface area contributed by atoms with Gasteiger partial charge in [-0.1, -0.05) is 108 Å². The molecule has 1 aromatic rings. The van der Waals surface area contributed by atoms with E-state index in [4.69, 9.17) is 18.5 Å². The summed E-state index contributed by atoms with van der Waals surface area (Å²) in [7, 11) is -4.08. The minimum atomic E-state index is -4.08. The third-order valence-corrected chi connectivity index (χ3v) is 8.07. The number of hydrogen-bond acceptors (Lipinski definition) is 7. The van der Waals surface area contributed by atoms with Crippen molar-refractivity contribution in [2.24, 2.45) is 0 Å². The molecule has 1 aliphatic rings. The zero-order valence-corrected chi connectivity index (χ0v) is 24.0. The summed E-state index contributed by atoms with van der Waals surface area (Å²) in [6.45, 7) is 3.26. The average molecular weight is 552 g/mol. The van der Waals surface area contributed by atoms with Crippen molar-refractivity contribution < 1.29 is 38.0 Å². The molecule has 8 nitrogen and oxygen atoms in total. The van der Waals surface area contributed by atoms with Gasteiger partial charge in [-0.05, 0) is 12.8 Å². The summed E-state index contributed by atoms with van der Waals surface area (Å²) in [4.78, 5) is 9.83. The first-order valence-electron chi connectivity index (χ1n) is 13.9. The summed E-state index contributed by atoms with van der Waals surface area (Å²) in [6, 6.07) is 0. The highest BCUT2D eigenvalue weighted by atomic mass is 32.1. The Labute approximate surface area is 222 Å². The van der Waals surface area contributed by atoms with Gasteiger partial charge in [0.2, 0.25) is 5.51 Å². The van der Waals surface area contributed by atoms with Gasteiger partial charge in [0.05, 0.1) is 18.6 Å². The van der Waals surface area contributed by atoms with Crippen LogP contribution in [0, 0.1) is 0 Å². The molecule has 0 aromatic carbocycles. The first kappa shape index (κ1) is 33.6.